The van der Waals surface area contributed by atoms with Crippen molar-refractivity contribution >= 4 is 0 Å². The van der Waals surface area contributed by atoms with Crippen molar-refractivity contribution in [1.29, 1.82) is 0 Å². The van der Waals surface area contributed by atoms with Crippen LogP contribution in [0, 0.1) is 40.9 Å². The maximum atomic E-state index is 2.65. The van der Waals surface area contributed by atoms with Gasteiger partial charge in [0, 0.05) is 0 Å². The maximum absolute atomic E-state index is 2.65. The molecule has 0 amide bonds. The van der Waals surface area contributed by atoms with Crippen molar-refractivity contribution < 1.29 is 0 Å². The van der Waals surface area contributed by atoms with Gasteiger partial charge in [-0.3, -0.25) is 0 Å². The molecule has 0 aromatic carbocycles. The number of rotatable bonds is 0. The average molecular weight is 214 g/mol. The normalized spacial score (nSPS) is 65.0. The first kappa shape index (κ1) is 8.78. The summed E-state index contributed by atoms with van der Waals surface area (Å²) in [5.74, 6) is 6.75. The van der Waals surface area contributed by atoms with E-state index in [2.05, 4.69) is 12.2 Å². The standard InChI is InChI=1S/C16H22/c1-2-4-13-12(3-1)11-7-14(13)15-10-5-6-16(15,8-10)9-11/h5-6,10-15H,1-4,7-9H2. The number of fused-ring (bicyclic) bond motifs is 5. The lowest BCUT2D eigenvalue weighted by molar-refractivity contribution is -0.0442. The van der Waals surface area contributed by atoms with Crippen LogP contribution in [0.4, 0.5) is 0 Å². The number of allylic oxidation sites excluding steroid dienone is 2. The van der Waals surface area contributed by atoms with E-state index in [0.29, 0.717) is 0 Å². The van der Waals surface area contributed by atoms with Gasteiger partial charge in [-0.05, 0) is 73.0 Å². The second-order valence-corrected chi connectivity index (χ2v) is 7.46. The lowest BCUT2D eigenvalue weighted by Crippen LogP contribution is -2.48. The molecule has 0 heterocycles. The van der Waals surface area contributed by atoms with Crippen LogP contribution in [0.25, 0.3) is 0 Å². The molecule has 16 heavy (non-hydrogen) atoms. The van der Waals surface area contributed by atoms with Crippen molar-refractivity contribution in [3.05, 3.63) is 12.2 Å². The van der Waals surface area contributed by atoms with E-state index in [1.165, 1.54) is 0 Å². The molecule has 0 aromatic heterocycles. The third-order valence-corrected chi connectivity index (χ3v) is 7.12. The average Bonchev–Trinajstić information content (AvgIpc) is 2.93. The molecule has 1 spiro atoms. The van der Waals surface area contributed by atoms with Crippen molar-refractivity contribution in [1.82, 2.24) is 0 Å². The highest BCUT2D eigenvalue weighted by atomic mass is 14.7. The van der Waals surface area contributed by atoms with Crippen molar-refractivity contribution in [2.24, 2.45) is 40.9 Å². The topological polar surface area (TPSA) is 0 Å². The summed E-state index contributed by atoms with van der Waals surface area (Å²) < 4.78 is 0. The molecule has 0 N–H and O–H groups in total. The van der Waals surface area contributed by atoms with Crippen LogP contribution in [-0.4, -0.2) is 0 Å². The summed E-state index contributed by atoms with van der Waals surface area (Å²) in [5, 5.41) is 0. The summed E-state index contributed by atoms with van der Waals surface area (Å²) in [5.41, 5.74) is 0.746. The first-order valence-corrected chi connectivity index (χ1v) is 7.57. The summed E-state index contributed by atoms with van der Waals surface area (Å²) in [4.78, 5) is 0. The lowest BCUT2D eigenvalue weighted by Gasteiger charge is -2.55. The quantitative estimate of drug-likeness (QED) is 0.534. The highest BCUT2D eigenvalue weighted by Crippen LogP contribution is 2.73. The van der Waals surface area contributed by atoms with Gasteiger partial charge in [-0.15, -0.1) is 0 Å². The summed E-state index contributed by atoms with van der Waals surface area (Å²) in [6.45, 7) is 0. The van der Waals surface area contributed by atoms with Crippen LogP contribution in [0.3, 0.4) is 0 Å². The van der Waals surface area contributed by atoms with Gasteiger partial charge in [0.2, 0.25) is 0 Å². The molecule has 0 heteroatoms. The summed E-state index contributed by atoms with van der Waals surface area (Å²) in [6.07, 6.45) is 16.3. The van der Waals surface area contributed by atoms with E-state index in [1.807, 2.05) is 0 Å². The molecule has 0 saturated heterocycles. The van der Waals surface area contributed by atoms with E-state index >= 15 is 0 Å². The van der Waals surface area contributed by atoms with Gasteiger partial charge in [0.1, 0.15) is 0 Å². The Morgan fingerprint density at radius 2 is 1.81 bits per heavy atom. The Labute approximate surface area is 98.5 Å². The van der Waals surface area contributed by atoms with E-state index in [1.54, 1.807) is 44.9 Å². The molecular formula is C16H22. The fourth-order valence-electron chi connectivity index (χ4n) is 6.82. The van der Waals surface area contributed by atoms with E-state index in [-0.39, 0.29) is 0 Å². The molecule has 4 saturated carbocycles. The molecule has 86 valence electrons. The van der Waals surface area contributed by atoms with Crippen molar-refractivity contribution in [2.75, 3.05) is 0 Å². The van der Waals surface area contributed by atoms with E-state index in [4.69, 9.17) is 0 Å². The summed E-state index contributed by atoms with van der Waals surface area (Å²) in [7, 11) is 0. The molecule has 4 fully saturated rings. The van der Waals surface area contributed by atoms with Gasteiger partial charge in [-0.25, -0.2) is 0 Å². The van der Waals surface area contributed by atoms with Gasteiger partial charge in [0.25, 0.3) is 0 Å². The maximum Gasteiger partial charge on any atom is -0.00731 e. The van der Waals surface area contributed by atoms with Gasteiger partial charge in [-0.1, -0.05) is 25.0 Å². The lowest BCUT2D eigenvalue weighted by atomic mass is 9.49. The SMILES string of the molecule is C1=CC23CC1C2C1CC(C3)C2CCCCC21. The first-order valence-electron chi connectivity index (χ1n) is 7.57. The highest BCUT2D eigenvalue weighted by molar-refractivity contribution is 5.29. The molecule has 6 aliphatic carbocycles. The van der Waals surface area contributed by atoms with E-state index < -0.39 is 0 Å². The zero-order chi connectivity index (χ0) is 10.3. The Morgan fingerprint density at radius 1 is 0.938 bits per heavy atom. The van der Waals surface area contributed by atoms with Crippen molar-refractivity contribution in [3.63, 3.8) is 0 Å². The Morgan fingerprint density at radius 3 is 2.69 bits per heavy atom. The fourth-order valence-corrected chi connectivity index (χ4v) is 6.82. The molecule has 0 aliphatic heterocycles. The first-order chi connectivity index (χ1) is 7.87. The van der Waals surface area contributed by atoms with Gasteiger partial charge >= 0.3 is 0 Å². The largest absolute Gasteiger partial charge is 0.0845 e. The van der Waals surface area contributed by atoms with Crippen molar-refractivity contribution in [2.45, 2.75) is 44.9 Å². The molecule has 0 aromatic rings. The van der Waals surface area contributed by atoms with Gasteiger partial charge in [0.15, 0.2) is 0 Å². The van der Waals surface area contributed by atoms with Gasteiger partial charge < -0.3 is 0 Å². The molecule has 0 radical (unpaired) electrons. The predicted octanol–water partition coefficient (Wildman–Crippen LogP) is 4.02. The third kappa shape index (κ3) is 0.802. The smallest absolute Gasteiger partial charge is 0.00731 e. The van der Waals surface area contributed by atoms with Crippen LogP contribution < -0.4 is 0 Å². The molecule has 6 aliphatic rings. The second-order valence-electron chi connectivity index (χ2n) is 7.46. The van der Waals surface area contributed by atoms with Crippen molar-refractivity contribution in [3.8, 4) is 0 Å². The number of hydrogen-bond acceptors (Lipinski definition) is 0. The molecule has 6 rings (SSSR count). The Hall–Kier alpha value is -0.260. The van der Waals surface area contributed by atoms with Crippen LogP contribution in [0.1, 0.15) is 44.9 Å². The van der Waals surface area contributed by atoms with Crippen LogP contribution in [0.15, 0.2) is 12.2 Å². The molecule has 7 unspecified atom stereocenters. The Balaban J connectivity index is 1.57. The predicted molar refractivity (Wildman–Crippen MR) is 64.8 cm³/mol. The zero-order valence-corrected chi connectivity index (χ0v) is 10.1. The van der Waals surface area contributed by atoms with Crippen LogP contribution in [0.5, 0.6) is 0 Å². The third-order valence-electron chi connectivity index (χ3n) is 7.12. The molecule has 7 atom stereocenters. The minimum absolute atomic E-state index is 0.746. The van der Waals surface area contributed by atoms with Crippen LogP contribution in [-0.2, 0) is 0 Å². The molecule has 4 bridgehead atoms. The minimum atomic E-state index is 0.746. The second kappa shape index (κ2) is 2.60. The van der Waals surface area contributed by atoms with Crippen LogP contribution >= 0.6 is 0 Å². The minimum Gasteiger partial charge on any atom is -0.0845 e. The Kier molecular flexibility index (Phi) is 1.42. The van der Waals surface area contributed by atoms with Crippen LogP contribution in [0.2, 0.25) is 0 Å². The Bertz CT molecular complexity index is 368. The van der Waals surface area contributed by atoms with Gasteiger partial charge in [-0.2, -0.15) is 0 Å². The van der Waals surface area contributed by atoms with E-state index in [9.17, 15) is 0 Å². The number of hydrogen-bond donors (Lipinski definition) is 0. The monoisotopic (exact) mass is 214 g/mol. The van der Waals surface area contributed by atoms with Gasteiger partial charge in [0.05, 0.1) is 0 Å². The zero-order valence-electron chi connectivity index (χ0n) is 10.1. The molecule has 0 nitrogen and oxygen atoms in total. The molecular weight excluding hydrogens is 192 g/mol. The summed E-state index contributed by atoms with van der Waals surface area (Å²) in [6, 6.07) is 0. The van der Waals surface area contributed by atoms with E-state index in [0.717, 1.165) is 40.9 Å². The highest BCUT2D eigenvalue weighted by Gasteiger charge is 2.66. The fraction of sp³-hybridized carbons (Fsp3) is 0.875. The summed E-state index contributed by atoms with van der Waals surface area (Å²) >= 11 is 0.